The number of aliphatic hydroxyl groups is 1. The van der Waals surface area contributed by atoms with Gasteiger partial charge in [-0.1, -0.05) is 26.0 Å². The lowest BCUT2D eigenvalue weighted by Crippen LogP contribution is -2.25. The van der Waals surface area contributed by atoms with Crippen LogP contribution in [0.1, 0.15) is 48.8 Å². The third kappa shape index (κ3) is 1.59. The highest BCUT2D eigenvalue weighted by Gasteiger charge is 2.34. The molecule has 1 atom stereocenters. The molecule has 1 heterocycles. The van der Waals surface area contributed by atoms with Gasteiger partial charge in [0.2, 0.25) is 0 Å². The number of aromatic amines is 1. The Morgan fingerprint density at radius 1 is 1.22 bits per heavy atom. The number of nitrogens with one attached hydrogen (secondary N) is 1. The van der Waals surface area contributed by atoms with Crippen molar-refractivity contribution in [1.82, 2.24) is 4.98 Å². The first kappa shape index (κ1) is 11.8. The van der Waals surface area contributed by atoms with Crippen LogP contribution in [0.3, 0.4) is 0 Å². The number of benzene rings is 1. The summed E-state index contributed by atoms with van der Waals surface area (Å²) in [7, 11) is 0. The Balaban J connectivity index is 2.34. The van der Waals surface area contributed by atoms with E-state index in [1.807, 2.05) is 0 Å². The molecule has 0 radical (unpaired) electrons. The average Bonchev–Trinajstić information content (AvgIpc) is 2.62. The third-order valence-electron chi connectivity index (χ3n) is 4.23. The van der Waals surface area contributed by atoms with E-state index in [4.69, 9.17) is 0 Å². The Morgan fingerprint density at radius 3 is 2.61 bits per heavy atom. The first-order valence-electron chi connectivity index (χ1n) is 6.68. The van der Waals surface area contributed by atoms with Crippen LogP contribution in [0.25, 0.3) is 10.9 Å². The van der Waals surface area contributed by atoms with Gasteiger partial charge >= 0.3 is 0 Å². The van der Waals surface area contributed by atoms with E-state index in [2.05, 4.69) is 44.8 Å². The van der Waals surface area contributed by atoms with E-state index < -0.39 is 0 Å². The lowest BCUT2D eigenvalue weighted by Gasteiger charge is -2.33. The zero-order valence-electron chi connectivity index (χ0n) is 11.6. The van der Waals surface area contributed by atoms with Gasteiger partial charge in [0.15, 0.2) is 0 Å². The maximum absolute atomic E-state index is 10.5. The Hall–Kier alpha value is -1.28. The lowest BCUT2D eigenvalue weighted by atomic mass is 9.75. The van der Waals surface area contributed by atoms with Gasteiger partial charge in [0.05, 0.1) is 6.10 Å². The van der Waals surface area contributed by atoms with E-state index in [9.17, 15) is 5.11 Å². The summed E-state index contributed by atoms with van der Waals surface area (Å²) in [5, 5.41) is 11.7. The number of hydrogen-bond donors (Lipinski definition) is 2. The van der Waals surface area contributed by atoms with Gasteiger partial charge in [0, 0.05) is 22.2 Å². The van der Waals surface area contributed by atoms with Crippen LogP contribution in [0.4, 0.5) is 0 Å². The zero-order chi connectivity index (χ0) is 13.1. The minimum absolute atomic E-state index is 0.176. The van der Waals surface area contributed by atoms with Gasteiger partial charge in [-0.2, -0.15) is 0 Å². The van der Waals surface area contributed by atoms with Crippen molar-refractivity contribution in [3.05, 3.63) is 34.5 Å². The zero-order valence-corrected chi connectivity index (χ0v) is 11.6. The summed E-state index contributed by atoms with van der Waals surface area (Å²) in [6.07, 6.45) is 1.53. The summed E-state index contributed by atoms with van der Waals surface area (Å²) in [5.41, 5.74) is 6.27. The number of aromatic nitrogens is 1. The van der Waals surface area contributed by atoms with E-state index in [1.54, 1.807) is 0 Å². The first-order chi connectivity index (χ1) is 8.39. The van der Waals surface area contributed by atoms with E-state index >= 15 is 0 Å². The summed E-state index contributed by atoms with van der Waals surface area (Å²) < 4.78 is 0. The van der Waals surface area contributed by atoms with Crippen LogP contribution in [0.5, 0.6) is 0 Å². The molecule has 0 fully saturated rings. The highest BCUT2D eigenvalue weighted by atomic mass is 16.3. The van der Waals surface area contributed by atoms with Crippen molar-refractivity contribution in [1.29, 1.82) is 0 Å². The molecule has 1 unspecified atom stereocenters. The molecule has 18 heavy (non-hydrogen) atoms. The predicted molar refractivity (Wildman–Crippen MR) is 74.8 cm³/mol. The minimum Gasteiger partial charge on any atom is -0.388 e. The molecule has 1 aromatic heterocycles. The molecule has 1 aliphatic carbocycles. The molecule has 2 nitrogen and oxygen atoms in total. The number of aliphatic hydroxyl groups excluding tert-OH is 1. The standard InChI is InChI=1S/C16H21NO/c1-9-5-6-10(2)15-13(9)14-11(17-15)7-16(3,4)8-12(14)18/h5-6,12,17-18H,7-8H2,1-4H3. The van der Waals surface area contributed by atoms with Crippen LogP contribution >= 0.6 is 0 Å². The number of H-pyrrole nitrogens is 1. The van der Waals surface area contributed by atoms with Crippen LogP contribution in [0, 0.1) is 19.3 Å². The SMILES string of the molecule is Cc1ccc(C)c2c3c([nH]c12)CC(C)(C)CC3O. The largest absolute Gasteiger partial charge is 0.388 e. The Bertz CT molecular complexity index is 622. The highest BCUT2D eigenvalue weighted by Crippen LogP contribution is 2.44. The predicted octanol–water partition coefficient (Wildman–Crippen LogP) is 3.79. The van der Waals surface area contributed by atoms with Gasteiger partial charge < -0.3 is 10.1 Å². The van der Waals surface area contributed by atoms with Gasteiger partial charge in [0.25, 0.3) is 0 Å². The van der Waals surface area contributed by atoms with Gasteiger partial charge in [-0.15, -0.1) is 0 Å². The summed E-state index contributed by atoms with van der Waals surface area (Å²) in [5.74, 6) is 0. The second kappa shape index (κ2) is 3.61. The molecular formula is C16H21NO. The van der Waals surface area contributed by atoms with Gasteiger partial charge in [-0.3, -0.25) is 0 Å². The molecule has 0 aliphatic heterocycles. The van der Waals surface area contributed by atoms with Gasteiger partial charge in [-0.05, 0) is 43.2 Å². The Kier molecular flexibility index (Phi) is 2.36. The normalized spacial score (nSPS) is 22.2. The van der Waals surface area contributed by atoms with Crippen LogP contribution < -0.4 is 0 Å². The molecule has 1 aliphatic rings. The van der Waals surface area contributed by atoms with Crippen molar-refractivity contribution < 1.29 is 5.11 Å². The topological polar surface area (TPSA) is 36.0 Å². The molecule has 0 bridgehead atoms. The molecule has 1 aromatic carbocycles. The van der Waals surface area contributed by atoms with Crippen molar-refractivity contribution in [3.63, 3.8) is 0 Å². The fourth-order valence-corrected chi connectivity index (χ4v) is 3.37. The van der Waals surface area contributed by atoms with E-state index in [-0.39, 0.29) is 11.5 Å². The van der Waals surface area contributed by atoms with E-state index in [1.165, 1.54) is 27.7 Å². The molecule has 2 heteroatoms. The van der Waals surface area contributed by atoms with Crippen molar-refractivity contribution in [3.8, 4) is 0 Å². The highest BCUT2D eigenvalue weighted by molar-refractivity contribution is 5.90. The monoisotopic (exact) mass is 243 g/mol. The second-order valence-corrected chi connectivity index (χ2v) is 6.53. The first-order valence-corrected chi connectivity index (χ1v) is 6.68. The molecule has 3 rings (SSSR count). The average molecular weight is 243 g/mol. The number of aryl methyl sites for hydroxylation is 2. The molecule has 0 saturated carbocycles. The van der Waals surface area contributed by atoms with Crippen LogP contribution in [0.2, 0.25) is 0 Å². The third-order valence-corrected chi connectivity index (χ3v) is 4.23. The molecule has 2 N–H and O–H groups in total. The summed E-state index contributed by atoms with van der Waals surface area (Å²) in [4.78, 5) is 3.55. The summed E-state index contributed by atoms with van der Waals surface area (Å²) in [6, 6.07) is 4.30. The fourth-order valence-electron chi connectivity index (χ4n) is 3.37. The Morgan fingerprint density at radius 2 is 1.89 bits per heavy atom. The number of rotatable bonds is 0. The quantitative estimate of drug-likeness (QED) is 0.725. The minimum atomic E-state index is -0.335. The van der Waals surface area contributed by atoms with Crippen LogP contribution in [-0.4, -0.2) is 10.1 Å². The van der Waals surface area contributed by atoms with Crippen molar-refractivity contribution in [2.24, 2.45) is 5.41 Å². The number of fused-ring (bicyclic) bond motifs is 3. The Labute approximate surface area is 108 Å². The van der Waals surface area contributed by atoms with Crippen molar-refractivity contribution in [2.75, 3.05) is 0 Å². The lowest BCUT2D eigenvalue weighted by molar-refractivity contribution is 0.100. The summed E-state index contributed by atoms with van der Waals surface area (Å²) in [6.45, 7) is 8.71. The molecule has 0 spiro atoms. The van der Waals surface area contributed by atoms with E-state index in [0.717, 1.165) is 18.4 Å². The molecule has 96 valence electrons. The van der Waals surface area contributed by atoms with Crippen LogP contribution in [-0.2, 0) is 6.42 Å². The fraction of sp³-hybridized carbons (Fsp3) is 0.500. The van der Waals surface area contributed by atoms with Crippen molar-refractivity contribution >= 4 is 10.9 Å². The van der Waals surface area contributed by atoms with Crippen LogP contribution in [0.15, 0.2) is 12.1 Å². The van der Waals surface area contributed by atoms with Gasteiger partial charge in [0.1, 0.15) is 0 Å². The molecule has 2 aromatic rings. The van der Waals surface area contributed by atoms with E-state index in [0.29, 0.717) is 0 Å². The maximum Gasteiger partial charge on any atom is 0.0818 e. The maximum atomic E-state index is 10.5. The van der Waals surface area contributed by atoms with Crippen molar-refractivity contribution in [2.45, 2.75) is 46.6 Å². The second-order valence-electron chi connectivity index (χ2n) is 6.53. The smallest absolute Gasteiger partial charge is 0.0818 e. The van der Waals surface area contributed by atoms with Gasteiger partial charge in [-0.25, -0.2) is 0 Å². The molecule has 0 saturated heterocycles. The summed E-state index contributed by atoms with van der Waals surface area (Å²) >= 11 is 0. The molecule has 0 amide bonds. The number of hydrogen-bond acceptors (Lipinski definition) is 1. The molecular weight excluding hydrogens is 222 g/mol.